The van der Waals surface area contributed by atoms with Crippen molar-refractivity contribution < 1.29 is 4.79 Å². The predicted octanol–water partition coefficient (Wildman–Crippen LogP) is 1.54. The number of piperazine rings is 1. The molecule has 1 aromatic heterocycles. The van der Waals surface area contributed by atoms with E-state index in [0.29, 0.717) is 18.1 Å². The van der Waals surface area contributed by atoms with E-state index < -0.39 is 0 Å². The largest absolute Gasteiger partial charge is 0.338 e. The van der Waals surface area contributed by atoms with Crippen molar-refractivity contribution in [1.29, 1.82) is 0 Å². The number of nitrogens with one attached hydrogen (secondary N) is 1. The van der Waals surface area contributed by atoms with Gasteiger partial charge >= 0.3 is 4.87 Å². The van der Waals surface area contributed by atoms with Crippen LogP contribution in [0.2, 0.25) is 5.02 Å². The summed E-state index contributed by atoms with van der Waals surface area (Å²) >= 11 is 7.13. The molecule has 3 rings (SSSR count). The van der Waals surface area contributed by atoms with Gasteiger partial charge in [-0.1, -0.05) is 22.9 Å². The maximum atomic E-state index is 12.4. The summed E-state index contributed by atoms with van der Waals surface area (Å²) < 4.78 is 2.37. The minimum absolute atomic E-state index is 0.0230. The van der Waals surface area contributed by atoms with Gasteiger partial charge in [0, 0.05) is 30.7 Å². The van der Waals surface area contributed by atoms with Crippen LogP contribution in [0.3, 0.4) is 0 Å². The van der Waals surface area contributed by atoms with E-state index in [-0.39, 0.29) is 23.4 Å². The normalized spacial score (nSPS) is 19.1. The molecule has 0 radical (unpaired) electrons. The fourth-order valence-electron chi connectivity index (χ4n) is 2.58. The molecule has 0 spiro atoms. The summed E-state index contributed by atoms with van der Waals surface area (Å²) in [7, 11) is 0. The molecule has 1 saturated heterocycles. The topological polar surface area (TPSA) is 54.3 Å². The highest BCUT2D eigenvalue weighted by atomic mass is 35.5. The van der Waals surface area contributed by atoms with Crippen molar-refractivity contribution >= 4 is 39.1 Å². The number of benzene rings is 1. The smallest absolute Gasteiger partial charge is 0.308 e. The summed E-state index contributed by atoms with van der Waals surface area (Å²) in [5, 5.41) is 3.86. The molecule has 1 aliphatic heterocycles. The first kappa shape index (κ1) is 14.6. The molecule has 0 saturated carbocycles. The van der Waals surface area contributed by atoms with E-state index in [1.54, 1.807) is 12.1 Å². The quantitative estimate of drug-likeness (QED) is 0.911. The average Bonchev–Trinajstić information content (AvgIpc) is 2.75. The SMILES string of the molecule is CC1CN(C(=O)Cn2c(=O)sc3ccc(Cl)cc32)CCN1. The molecule has 1 aromatic carbocycles. The Kier molecular flexibility index (Phi) is 4.01. The Bertz CT molecular complexity index is 739. The van der Waals surface area contributed by atoms with Gasteiger partial charge in [0.1, 0.15) is 6.54 Å². The molecule has 7 heteroatoms. The summed E-state index contributed by atoms with van der Waals surface area (Å²) in [6.07, 6.45) is 0. The van der Waals surface area contributed by atoms with E-state index >= 15 is 0 Å². The van der Waals surface area contributed by atoms with Crippen LogP contribution in [0.1, 0.15) is 6.92 Å². The van der Waals surface area contributed by atoms with Crippen molar-refractivity contribution in [2.24, 2.45) is 0 Å². The first-order chi connectivity index (χ1) is 10.0. The number of hydrogen-bond acceptors (Lipinski definition) is 4. The molecule has 1 fully saturated rings. The second-order valence-electron chi connectivity index (χ2n) is 5.26. The third kappa shape index (κ3) is 2.97. The fraction of sp³-hybridized carbons (Fsp3) is 0.429. The third-order valence-electron chi connectivity index (χ3n) is 3.64. The van der Waals surface area contributed by atoms with Gasteiger partial charge in [0.15, 0.2) is 0 Å². The Balaban J connectivity index is 1.87. The van der Waals surface area contributed by atoms with Gasteiger partial charge in [0.2, 0.25) is 5.91 Å². The van der Waals surface area contributed by atoms with E-state index in [0.717, 1.165) is 28.1 Å². The highest BCUT2D eigenvalue weighted by molar-refractivity contribution is 7.16. The van der Waals surface area contributed by atoms with Gasteiger partial charge in [0.05, 0.1) is 10.2 Å². The van der Waals surface area contributed by atoms with Gasteiger partial charge in [0.25, 0.3) is 0 Å². The van der Waals surface area contributed by atoms with Crippen molar-refractivity contribution in [3.63, 3.8) is 0 Å². The fourth-order valence-corrected chi connectivity index (χ4v) is 3.62. The summed E-state index contributed by atoms with van der Waals surface area (Å²) in [5.74, 6) is -0.0230. The highest BCUT2D eigenvalue weighted by Crippen LogP contribution is 2.21. The van der Waals surface area contributed by atoms with Crippen LogP contribution in [-0.4, -0.2) is 41.1 Å². The Morgan fingerprint density at radius 1 is 1.52 bits per heavy atom. The molecule has 2 heterocycles. The molecular formula is C14H16ClN3O2S. The maximum absolute atomic E-state index is 12.4. The first-order valence-corrected chi connectivity index (χ1v) is 8.04. The van der Waals surface area contributed by atoms with Crippen molar-refractivity contribution in [3.05, 3.63) is 32.9 Å². The third-order valence-corrected chi connectivity index (χ3v) is 4.84. The number of aromatic nitrogens is 1. The molecule has 2 aromatic rings. The zero-order valence-electron chi connectivity index (χ0n) is 11.6. The summed E-state index contributed by atoms with van der Waals surface area (Å²) in [6, 6.07) is 5.59. The summed E-state index contributed by atoms with van der Waals surface area (Å²) in [6.45, 7) is 4.27. The van der Waals surface area contributed by atoms with Crippen molar-refractivity contribution in [3.8, 4) is 0 Å². The number of carbonyl (C=O) groups excluding carboxylic acids is 1. The second kappa shape index (κ2) is 5.79. The van der Waals surface area contributed by atoms with E-state index in [1.807, 2.05) is 17.9 Å². The zero-order chi connectivity index (χ0) is 15.0. The lowest BCUT2D eigenvalue weighted by molar-refractivity contribution is -0.132. The van der Waals surface area contributed by atoms with Crippen LogP contribution >= 0.6 is 22.9 Å². The molecule has 21 heavy (non-hydrogen) atoms. The molecule has 1 N–H and O–H groups in total. The van der Waals surface area contributed by atoms with Gasteiger partial charge in [-0.15, -0.1) is 0 Å². The van der Waals surface area contributed by atoms with Gasteiger partial charge < -0.3 is 10.2 Å². The Morgan fingerprint density at radius 3 is 3.10 bits per heavy atom. The Labute approximate surface area is 131 Å². The highest BCUT2D eigenvalue weighted by Gasteiger charge is 2.21. The number of hydrogen-bond donors (Lipinski definition) is 1. The van der Waals surface area contributed by atoms with Crippen LogP contribution in [0.25, 0.3) is 10.2 Å². The lowest BCUT2D eigenvalue weighted by Crippen LogP contribution is -2.52. The Morgan fingerprint density at radius 2 is 2.33 bits per heavy atom. The molecule has 1 amide bonds. The molecule has 1 unspecified atom stereocenters. The maximum Gasteiger partial charge on any atom is 0.308 e. The molecule has 0 aliphatic carbocycles. The number of amides is 1. The van der Waals surface area contributed by atoms with E-state index in [4.69, 9.17) is 11.6 Å². The number of rotatable bonds is 2. The second-order valence-corrected chi connectivity index (χ2v) is 6.69. The van der Waals surface area contributed by atoms with Crippen LogP contribution in [-0.2, 0) is 11.3 Å². The van der Waals surface area contributed by atoms with Crippen LogP contribution < -0.4 is 10.2 Å². The summed E-state index contributed by atoms with van der Waals surface area (Å²) in [5.41, 5.74) is 0.731. The number of nitrogens with zero attached hydrogens (tertiary/aromatic N) is 2. The molecule has 0 bridgehead atoms. The predicted molar refractivity (Wildman–Crippen MR) is 85.1 cm³/mol. The molecule has 112 valence electrons. The van der Waals surface area contributed by atoms with E-state index in [1.165, 1.54) is 4.57 Å². The van der Waals surface area contributed by atoms with Crippen LogP contribution in [0.15, 0.2) is 23.0 Å². The first-order valence-electron chi connectivity index (χ1n) is 6.84. The van der Waals surface area contributed by atoms with Crippen LogP contribution in [0.5, 0.6) is 0 Å². The molecule has 1 atom stereocenters. The lowest BCUT2D eigenvalue weighted by atomic mass is 10.2. The van der Waals surface area contributed by atoms with Crippen molar-refractivity contribution in [2.75, 3.05) is 19.6 Å². The van der Waals surface area contributed by atoms with E-state index in [9.17, 15) is 9.59 Å². The summed E-state index contributed by atoms with van der Waals surface area (Å²) in [4.78, 5) is 26.2. The molecule has 1 aliphatic rings. The molecular weight excluding hydrogens is 310 g/mol. The molecule has 5 nitrogen and oxygen atoms in total. The van der Waals surface area contributed by atoms with Gasteiger partial charge in [-0.25, -0.2) is 0 Å². The number of carbonyl (C=O) groups is 1. The number of halogens is 1. The zero-order valence-corrected chi connectivity index (χ0v) is 13.2. The average molecular weight is 326 g/mol. The standard InChI is InChI=1S/C14H16ClN3O2S/c1-9-7-17(5-4-16-9)13(19)8-18-11-6-10(15)2-3-12(11)21-14(18)20/h2-3,6,9,16H,4-5,7-8H2,1H3. The lowest BCUT2D eigenvalue weighted by Gasteiger charge is -2.32. The van der Waals surface area contributed by atoms with Gasteiger partial charge in [-0.05, 0) is 25.1 Å². The van der Waals surface area contributed by atoms with Gasteiger partial charge in [-0.3, -0.25) is 14.2 Å². The van der Waals surface area contributed by atoms with Crippen LogP contribution in [0, 0.1) is 0 Å². The minimum atomic E-state index is -0.121. The van der Waals surface area contributed by atoms with Crippen molar-refractivity contribution in [1.82, 2.24) is 14.8 Å². The van der Waals surface area contributed by atoms with Crippen molar-refractivity contribution in [2.45, 2.75) is 19.5 Å². The monoisotopic (exact) mass is 325 g/mol. The number of fused-ring (bicyclic) bond motifs is 1. The number of thiazole rings is 1. The minimum Gasteiger partial charge on any atom is -0.338 e. The Hall–Kier alpha value is -1.37. The van der Waals surface area contributed by atoms with Crippen LogP contribution in [0.4, 0.5) is 0 Å². The van der Waals surface area contributed by atoms with E-state index in [2.05, 4.69) is 5.32 Å². The van der Waals surface area contributed by atoms with Gasteiger partial charge in [-0.2, -0.15) is 0 Å².